The number of pyridine rings is 1. The third-order valence-corrected chi connectivity index (χ3v) is 2.35. The van der Waals surface area contributed by atoms with E-state index >= 15 is 0 Å². The Hall–Kier alpha value is -1.51. The molecule has 0 fully saturated rings. The highest BCUT2D eigenvalue weighted by atomic mass is 15.1. The number of aryl methyl sites for hydroxylation is 1. The molecule has 0 saturated carbocycles. The van der Waals surface area contributed by atoms with Crippen LogP contribution in [0.1, 0.15) is 32.2 Å². The van der Waals surface area contributed by atoms with Crippen LogP contribution >= 0.6 is 0 Å². The quantitative estimate of drug-likeness (QED) is 0.657. The molecular formula is C12H15N3. The number of hydrogen-bond acceptors (Lipinski definition) is 3. The fourth-order valence-corrected chi connectivity index (χ4v) is 1.39. The van der Waals surface area contributed by atoms with Gasteiger partial charge in [0.25, 0.3) is 0 Å². The molecule has 2 heterocycles. The van der Waals surface area contributed by atoms with Gasteiger partial charge >= 0.3 is 0 Å². The Balaban J connectivity index is 2.64. The van der Waals surface area contributed by atoms with E-state index in [2.05, 4.69) is 36.0 Å². The highest BCUT2D eigenvalue weighted by molar-refractivity contribution is 5.73. The second-order valence-electron chi connectivity index (χ2n) is 4.84. The third kappa shape index (κ3) is 1.96. The number of fused-ring (bicyclic) bond motifs is 1. The molecule has 0 aliphatic carbocycles. The van der Waals surface area contributed by atoms with Gasteiger partial charge in [0.1, 0.15) is 5.52 Å². The van der Waals surface area contributed by atoms with E-state index in [1.807, 2.05) is 25.1 Å². The smallest absolute Gasteiger partial charge is 0.111 e. The molecule has 0 bridgehead atoms. The van der Waals surface area contributed by atoms with Crippen molar-refractivity contribution in [1.29, 1.82) is 0 Å². The molecule has 0 aliphatic heterocycles. The summed E-state index contributed by atoms with van der Waals surface area (Å²) in [4.78, 5) is 4.45. The molecule has 2 rings (SSSR count). The molecule has 3 nitrogen and oxygen atoms in total. The fraction of sp³-hybridized carbons (Fsp3) is 0.417. The van der Waals surface area contributed by atoms with E-state index in [4.69, 9.17) is 0 Å². The summed E-state index contributed by atoms with van der Waals surface area (Å²) in [5.74, 6) is 0. The van der Waals surface area contributed by atoms with Crippen LogP contribution in [0.5, 0.6) is 0 Å². The van der Waals surface area contributed by atoms with Crippen molar-refractivity contribution < 1.29 is 0 Å². The minimum Gasteiger partial charge on any atom is -0.251 e. The van der Waals surface area contributed by atoms with Crippen molar-refractivity contribution in [3.05, 3.63) is 29.6 Å². The van der Waals surface area contributed by atoms with Gasteiger partial charge in [-0.1, -0.05) is 20.8 Å². The van der Waals surface area contributed by atoms with Gasteiger partial charge in [-0.25, -0.2) is 0 Å². The van der Waals surface area contributed by atoms with Crippen LogP contribution in [-0.4, -0.2) is 15.2 Å². The van der Waals surface area contributed by atoms with E-state index in [-0.39, 0.29) is 5.41 Å². The van der Waals surface area contributed by atoms with Gasteiger partial charge in [0.2, 0.25) is 0 Å². The molecule has 0 aliphatic rings. The molecule has 0 unspecified atom stereocenters. The summed E-state index contributed by atoms with van der Waals surface area (Å²) in [5.41, 5.74) is 3.79. The lowest BCUT2D eigenvalue weighted by Crippen LogP contribution is -2.14. The first kappa shape index (κ1) is 10.0. The predicted molar refractivity (Wildman–Crippen MR) is 60.8 cm³/mol. The van der Waals surface area contributed by atoms with Gasteiger partial charge in [-0.3, -0.25) is 4.98 Å². The lowest BCUT2D eigenvalue weighted by molar-refractivity contribution is 0.561. The summed E-state index contributed by atoms with van der Waals surface area (Å²) in [6, 6.07) is 5.93. The molecular weight excluding hydrogens is 186 g/mol. The van der Waals surface area contributed by atoms with Crippen molar-refractivity contribution in [2.75, 3.05) is 0 Å². The summed E-state index contributed by atoms with van der Waals surface area (Å²) >= 11 is 0. The molecule has 0 saturated heterocycles. The van der Waals surface area contributed by atoms with Crippen molar-refractivity contribution in [3.8, 4) is 0 Å². The highest BCUT2D eigenvalue weighted by Crippen LogP contribution is 2.21. The van der Waals surface area contributed by atoms with Crippen LogP contribution < -0.4 is 0 Å². The maximum Gasteiger partial charge on any atom is 0.111 e. The summed E-state index contributed by atoms with van der Waals surface area (Å²) in [6.07, 6.45) is 0. The summed E-state index contributed by atoms with van der Waals surface area (Å²) < 4.78 is 0. The average molecular weight is 201 g/mol. The van der Waals surface area contributed by atoms with E-state index in [9.17, 15) is 0 Å². The van der Waals surface area contributed by atoms with E-state index in [0.717, 1.165) is 22.4 Å². The molecule has 0 amide bonds. The second kappa shape index (κ2) is 3.26. The Morgan fingerprint density at radius 3 is 2.40 bits per heavy atom. The van der Waals surface area contributed by atoms with Crippen LogP contribution in [0.15, 0.2) is 18.2 Å². The van der Waals surface area contributed by atoms with E-state index in [1.165, 1.54) is 0 Å². The van der Waals surface area contributed by atoms with E-state index in [1.54, 1.807) is 0 Å². The van der Waals surface area contributed by atoms with E-state index in [0.29, 0.717) is 0 Å². The highest BCUT2D eigenvalue weighted by Gasteiger charge is 2.16. The van der Waals surface area contributed by atoms with Crippen molar-refractivity contribution in [3.63, 3.8) is 0 Å². The van der Waals surface area contributed by atoms with Crippen molar-refractivity contribution in [2.24, 2.45) is 0 Å². The van der Waals surface area contributed by atoms with Crippen LogP contribution in [0, 0.1) is 6.92 Å². The number of nitrogens with zero attached hydrogens (tertiary/aromatic N) is 3. The van der Waals surface area contributed by atoms with Gasteiger partial charge in [0, 0.05) is 11.1 Å². The second-order valence-corrected chi connectivity index (χ2v) is 4.84. The standard InChI is InChI=1S/C12H15N3/c1-8-5-6-9-10(13-8)7-11(15-14-9)12(2,3)4/h5-7H,1-4H3. The average Bonchev–Trinajstić information content (AvgIpc) is 2.15. The maximum atomic E-state index is 4.45. The number of rotatable bonds is 0. The van der Waals surface area contributed by atoms with Crippen LogP contribution in [0.25, 0.3) is 11.0 Å². The predicted octanol–water partition coefficient (Wildman–Crippen LogP) is 2.63. The topological polar surface area (TPSA) is 38.7 Å². The third-order valence-electron chi connectivity index (χ3n) is 2.35. The molecule has 2 aromatic rings. The minimum absolute atomic E-state index is 0.0205. The van der Waals surface area contributed by atoms with Crippen LogP contribution in [0.2, 0.25) is 0 Å². The molecule has 0 atom stereocenters. The Morgan fingerprint density at radius 1 is 1.00 bits per heavy atom. The lowest BCUT2D eigenvalue weighted by atomic mass is 9.92. The SMILES string of the molecule is Cc1ccc2nnc(C(C)(C)C)cc2n1. The summed E-state index contributed by atoms with van der Waals surface area (Å²) in [5, 5.41) is 8.39. The number of aromatic nitrogens is 3. The monoisotopic (exact) mass is 201 g/mol. The first-order valence-electron chi connectivity index (χ1n) is 5.08. The Kier molecular flexibility index (Phi) is 2.18. The van der Waals surface area contributed by atoms with Gasteiger partial charge in [-0.05, 0) is 25.1 Å². The molecule has 3 heteroatoms. The maximum absolute atomic E-state index is 4.45. The molecule has 0 spiro atoms. The first-order chi connectivity index (χ1) is 6.97. The van der Waals surface area contributed by atoms with Crippen molar-refractivity contribution in [2.45, 2.75) is 33.1 Å². The van der Waals surface area contributed by atoms with Gasteiger partial charge in [0.05, 0.1) is 11.2 Å². The van der Waals surface area contributed by atoms with Gasteiger partial charge < -0.3 is 0 Å². The Bertz CT molecular complexity index is 498. The van der Waals surface area contributed by atoms with Gasteiger partial charge in [-0.2, -0.15) is 5.10 Å². The molecule has 2 aromatic heterocycles. The molecule has 78 valence electrons. The van der Waals surface area contributed by atoms with Crippen LogP contribution in [-0.2, 0) is 5.41 Å². The Labute approximate surface area is 89.6 Å². The fourth-order valence-electron chi connectivity index (χ4n) is 1.39. The number of hydrogen-bond donors (Lipinski definition) is 0. The van der Waals surface area contributed by atoms with Crippen LogP contribution in [0.3, 0.4) is 0 Å². The zero-order chi connectivity index (χ0) is 11.1. The zero-order valence-corrected chi connectivity index (χ0v) is 9.57. The van der Waals surface area contributed by atoms with Gasteiger partial charge in [0.15, 0.2) is 0 Å². The van der Waals surface area contributed by atoms with E-state index < -0.39 is 0 Å². The largest absolute Gasteiger partial charge is 0.251 e. The van der Waals surface area contributed by atoms with Gasteiger partial charge in [-0.15, -0.1) is 5.10 Å². The zero-order valence-electron chi connectivity index (χ0n) is 9.57. The van der Waals surface area contributed by atoms with Crippen molar-refractivity contribution >= 4 is 11.0 Å². The van der Waals surface area contributed by atoms with Crippen LogP contribution in [0.4, 0.5) is 0 Å². The minimum atomic E-state index is 0.0205. The lowest BCUT2D eigenvalue weighted by Gasteiger charge is -2.16. The molecule has 0 radical (unpaired) electrons. The molecule has 0 N–H and O–H groups in total. The first-order valence-corrected chi connectivity index (χ1v) is 5.08. The normalized spacial score (nSPS) is 12.0. The summed E-state index contributed by atoms with van der Waals surface area (Å²) in [7, 11) is 0. The molecule has 15 heavy (non-hydrogen) atoms. The van der Waals surface area contributed by atoms with Crippen molar-refractivity contribution in [1.82, 2.24) is 15.2 Å². The Morgan fingerprint density at radius 2 is 1.73 bits per heavy atom. The summed E-state index contributed by atoms with van der Waals surface area (Å²) in [6.45, 7) is 8.35. The molecule has 0 aromatic carbocycles.